The van der Waals surface area contributed by atoms with Crippen molar-refractivity contribution in [2.45, 2.75) is 13.0 Å². The maximum Gasteiger partial charge on any atom is 0.300 e. The van der Waals surface area contributed by atoms with Gasteiger partial charge in [-0.25, -0.2) is 0 Å². The van der Waals surface area contributed by atoms with Gasteiger partial charge >= 0.3 is 0 Å². The first-order valence-corrected chi connectivity index (χ1v) is 9.96. The van der Waals surface area contributed by atoms with Crippen LogP contribution in [0.5, 0.6) is 11.5 Å². The number of carbonyl (C=O) groups excluding carboxylic acids is 2. The Labute approximate surface area is 185 Å². The van der Waals surface area contributed by atoms with Gasteiger partial charge in [-0.1, -0.05) is 23.8 Å². The van der Waals surface area contributed by atoms with Crippen LogP contribution in [-0.4, -0.2) is 36.0 Å². The van der Waals surface area contributed by atoms with Gasteiger partial charge in [-0.15, -0.1) is 0 Å². The summed E-state index contributed by atoms with van der Waals surface area (Å²) in [5, 5.41) is 11.3. The van der Waals surface area contributed by atoms with E-state index in [1.807, 2.05) is 13.0 Å². The molecule has 1 aliphatic rings. The Hall–Kier alpha value is -4.13. The van der Waals surface area contributed by atoms with Crippen LogP contribution in [0, 0.1) is 6.92 Å². The molecule has 1 aromatic heterocycles. The molecule has 0 saturated carbocycles. The number of aromatic nitrogens is 1. The summed E-state index contributed by atoms with van der Waals surface area (Å²) in [5.74, 6) is -0.911. The lowest BCUT2D eigenvalue weighted by Gasteiger charge is -2.25. The van der Waals surface area contributed by atoms with Crippen molar-refractivity contribution in [2.75, 3.05) is 19.1 Å². The Bertz CT molecular complexity index is 1220. The molecule has 1 unspecified atom stereocenters. The zero-order chi connectivity index (χ0) is 22.8. The van der Waals surface area contributed by atoms with Crippen molar-refractivity contribution < 1.29 is 24.2 Å². The fourth-order valence-electron chi connectivity index (χ4n) is 3.86. The Morgan fingerprint density at radius 1 is 1.03 bits per heavy atom. The van der Waals surface area contributed by atoms with Crippen LogP contribution >= 0.6 is 0 Å². The van der Waals surface area contributed by atoms with Gasteiger partial charge in [0.1, 0.15) is 17.3 Å². The standard InChI is InChI=1S/C25H22N2O5/c1-15-9-10-20(32-3)19(12-15)23(28)21-22(16-6-5-11-26-14-16)27(25(30)24(21)29)17-7-4-8-18(13-17)31-2/h4-14,22,28H,1-3H3/b23-21+. The van der Waals surface area contributed by atoms with Gasteiger partial charge in [-0.2, -0.15) is 0 Å². The molecule has 1 N–H and O–H groups in total. The molecule has 2 aromatic carbocycles. The summed E-state index contributed by atoms with van der Waals surface area (Å²) in [5.41, 5.74) is 2.23. The van der Waals surface area contributed by atoms with Crippen molar-refractivity contribution >= 4 is 23.1 Å². The van der Waals surface area contributed by atoms with Crippen molar-refractivity contribution in [3.63, 3.8) is 0 Å². The minimum atomic E-state index is -0.874. The largest absolute Gasteiger partial charge is 0.507 e. The van der Waals surface area contributed by atoms with E-state index in [9.17, 15) is 14.7 Å². The Balaban J connectivity index is 1.98. The van der Waals surface area contributed by atoms with Crippen molar-refractivity contribution in [1.29, 1.82) is 0 Å². The molecule has 1 fully saturated rings. The number of rotatable bonds is 5. The molecule has 1 amide bonds. The quantitative estimate of drug-likeness (QED) is 0.373. The van der Waals surface area contributed by atoms with Crippen LogP contribution in [-0.2, 0) is 9.59 Å². The highest BCUT2D eigenvalue weighted by atomic mass is 16.5. The number of aliphatic hydroxyl groups excluding tert-OH is 1. The molecule has 162 valence electrons. The molecule has 1 aliphatic heterocycles. The highest BCUT2D eigenvalue weighted by Gasteiger charge is 2.47. The first-order valence-electron chi connectivity index (χ1n) is 9.96. The summed E-state index contributed by atoms with van der Waals surface area (Å²) in [4.78, 5) is 31.9. The lowest BCUT2D eigenvalue weighted by atomic mass is 9.95. The van der Waals surface area contributed by atoms with Gasteiger partial charge in [0.2, 0.25) is 0 Å². The van der Waals surface area contributed by atoms with E-state index in [2.05, 4.69) is 4.98 Å². The van der Waals surface area contributed by atoms with Crippen LogP contribution in [0.3, 0.4) is 0 Å². The van der Waals surface area contributed by atoms with Gasteiger partial charge in [0, 0.05) is 24.1 Å². The first-order chi connectivity index (χ1) is 15.5. The topological polar surface area (TPSA) is 89.0 Å². The number of nitrogens with zero attached hydrogens (tertiary/aromatic N) is 2. The monoisotopic (exact) mass is 430 g/mol. The third-order valence-corrected chi connectivity index (χ3v) is 5.39. The SMILES string of the molecule is COc1cccc(N2C(=O)C(=O)/C(=C(/O)c3cc(C)ccc3OC)C2c2cccnc2)c1. The second kappa shape index (κ2) is 8.55. The third kappa shape index (κ3) is 3.58. The number of Topliss-reactive ketones (excluding diaryl/α,β-unsaturated/α-hetero) is 1. The van der Waals surface area contributed by atoms with E-state index in [0.29, 0.717) is 28.3 Å². The van der Waals surface area contributed by atoms with E-state index in [-0.39, 0.29) is 11.3 Å². The van der Waals surface area contributed by atoms with Crippen LogP contribution in [0.2, 0.25) is 0 Å². The molecule has 7 nitrogen and oxygen atoms in total. The Kier molecular flexibility index (Phi) is 5.64. The van der Waals surface area contributed by atoms with Crippen LogP contribution in [0.1, 0.15) is 22.7 Å². The molecule has 3 aromatic rings. The minimum absolute atomic E-state index is 0.0327. The molecular weight excluding hydrogens is 408 g/mol. The molecule has 32 heavy (non-hydrogen) atoms. The maximum atomic E-state index is 13.2. The molecule has 0 radical (unpaired) electrons. The van der Waals surface area contributed by atoms with Crippen molar-refractivity contribution in [1.82, 2.24) is 4.98 Å². The average Bonchev–Trinajstić information content (AvgIpc) is 3.09. The number of hydrogen-bond donors (Lipinski definition) is 1. The summed E-state index contributed by atoms with van der Waals surface area (Å²) in [6.07, 6.45) is 3.18. The molecular formula is C25H22N2O5. The van der Waals surface area contributed by atoms with Gasteiger partial charge < -0.3 is 14.6 Å². The second-order valence-corrected chi connectivity index (χ2v) is 7.36. The predicted molar refractivity (Wildman–Crippen MR) is 120 cm³/mol. The van der Waals surface area contributed by atoms with E-state index in [4.69, 9.17) is 9.47 Å². The number of ketones is 1. The lowest BCUT2D eigenvalue weighted by molar-refractivity contribution is -0.132. The van der Waals surface area contributed by atoms with E-state index in [1.165, 1.54) is 19.1 Å². The molecule has 2 heterocycles. The summed E-state index contributed by atoms with van der Waals surface area (Å²) in [6.45, 7) is 1.86. The van der Waals surface area contributed by atoms with Gasteiger partial charge in [0.15, 0.2) is 0 Å². The summed E-state index contributed by atoms with van der Waals surface area (Å²) >= 11 is 0. The van der Waals surface area contributed by atoms with Gasteiger partial charge in [-0.05, 0) is 42.8 Å². The fourth-order valence-corrected chi connectivity index (χ4v) is 3.86. The number of aliphatic hydroxyl groups is 1. The highest BCUT2D eigenvalue weighted by molar-refractivity contribution is 6.51. The van der Waals surface area contributed by atoms with Crippen LogP contribution in [0.4, 0.5) is 5.69 Å². The zero-order valence-electron chi connectivity index (χ0n) is 17.9. The van der Waals surface area contributed by atoms with Gasteiger partial charge in [0.05, 0.1) is 31.4 Å². The molecule has 1 atom stereocenters. The smallest absolute Gasteiger partial charge is 0.300 e. The van der Waals surface area contributed by atoms with Crippen molar-refractivity contribution in [3.05, 3.63) is 89.3 Å². The Morgan fingerprint density at radius 2 is 1.84 bits per heavy atom. The van der Waals surface area contributed by atoms with E-state index >= 15 is 0 Å². The van der Waals surface area contributed by atoms with Crippen molar-refractivity contribution in [2.24, 2.45) is 0 Å². The number of hydrogen-bond acceptors (Lipinski definition) is 6. The number of amides is 1. The third-order valence-electron chi connectivity index (χ3n) is 5.39. The summed E-state index contributed by atoms with van der Waals surface area (Å²) in [7, 11) is 3.00. The summed E-state index contributed by atoms with van der Waals surface area (Å²) < 4.78 is 10.7. The Morgan fingerprint density at radius 3 is 2.53 bits per heavy atom. The summed E-state index contributed by atoms with van der Waals surface area (Å²) in [6, 6.07) is 14.7. The van der Waals surface area contributed by atoms with Crippen LogP contribution in [0.25, 0.3) is 5.76 Å². The van der Waals surface area contributed by atoms with Crippen molar-refractivity contribution in [3.8, 4) is 11.5 Å². The fraction of sp³-hybridized carbons (Fsp3) is 0.160. The second-order valence-electron chi connectivity index (χ2n) is 7.36. The number of methoxy groups -OCH3 is 2. The first kappa shape index (κ1) is 21.1. The predicted octanol–water partition coefficient (Wildman–Crippen LogP) is 4.03. The zero-order valence-corrected chi connectivity index (χ0v) is 17.9. The van der Waals surface area contributed by atoms with E-state index in [0.717, 1.165) is 5.56 Å². The number of benzene rings is 2. The molecule has 0 bridgehead atoms. The molecule has 0 spiro atoms. The minimum Gasteiger partial charge on any atom is -0.507 e. The molecule has 0 aliphatic carbocycles. The maximum absolute atomic E-state index is 13.2. The van der Waals surface area contributed by atoms with Crippen LogP contribution in [0.15, 0.2) is 72.6 Å². The van der Waals surface area contributed by atoms with E-state index in [1.54, 1.807) is 60.9 Å². The van der Waals surface area contributed by atoms with Gasteiger partial charge in [-0.3, -0.25) is 19.5 Å². The van der Waals surface area contributed by atoms with E-state index < -0.39 is 17.7 Å². The number of anilines is 1. The highest BCUT2D eigenvalue weighted by Crippen LogP contribution is 2.43. The molecule has 1 saturated heterocycles. The molecule has 7 heteroatoms. The average molecular weight is 430 g/mol. The number of pyridine rings is 1. The normalized spacial score (nSPS) is 17.5. The van der Waals surface area contributed by atoms with Gasteiger partial charge in [0.25, 0.3) is 11.7 Å². The number of carbonyl (C=O) groups is 2. The molecule has 4 rings (SSSR count). The number of ether oxygens (including phenoxy) is 2. The lowest BCUT2D eigenvalue weighted by Crippen LogP contribution is -2.29. The van der Waals surface area contributed by atoms with Crippen LogP contribution < -0.4 is 14.4 Å². The number of aryl methyl sites for hydroxylation is 1.